The molecule has 0 amide bonds. The second-order valence-corrected chi connectivity index (χ2v) is 15.3. The molecule has 0 unspecified atom stereocenters. The summed E-state index contributed by atoms with van der Waals surface area (Å²) < 4.78 is 8.97. The number of fused-ring (bicyclic) bond motifs is 8. The number of ketones is 1. The van der Waals surface area contributed by atoms with E-state index in [1.807, 2.05) is 36.4 Å². The maximum Gasteiger partial charge on any atom is 0.193 e. The fourth-order valence-electron chi connectivity index (χ4n) is 9.05. The van der Waals surface area contributed by atoms with Crippen LogP contribution in [0.5, 0.6) is 0 Å². The summed E-state index contributed by atoms with van der Waals surface area (Å²) in [6.45, 7) is 4.45. The largest absolute Gasteiger partial charge is 0.454 e. The lowest BCUT2D eigenvalue weighted by atomic mass is 9.68. The summed E-state index contributed by atoms with van der Waals surface area (Å²) in [6.07, 6.45) is 0. The van der Waals surface area contributed by atoms with Crippen molar-refractivity contribution in [3.63, 3.8) is 0 Å². The highest BCUT2D eigenvalue weighted by molar-refractivity contribution is 6.15. The zero-order chi connectivity index (χ0) is 37.5. The van der Waals surface area contributed by atoms with Gasteiger partial charge in [0.15, 0.2) is 11.4 Å². The third-order valence-corrected chi connectivity index (χ3v) is 11.8. The van der Waals surface area contributed by atoms with Crippen molar-refractivity contribution >= 4 is 66.6 Å². The molecule has 266 valence electrons. The van der Waals surface area contributed by atoms with Crippen LogP contribution < -0.4 is 4.90 Å². The van der Waals surface area contributed by atoms with E-state index in [4.69, 9.17) is 4.42 Å². The summed E-state index contributed by atoms with van der Waals surface area (Å²) in [7, 11) is 0. The van der Waals surface area contributed by atoms with E-state index in [0.717, 1.165) is 99.9 Å². The van der Waals surface area contributed by atoms with Gasteiger partial charge in [-0.25, -0.2) is 0 Å². The Kier molecular flexibility index (Phi) is 7.02. The number of anilines is 3. The molecule has 11 rings (SSSR count). The number of furan rings is 1. The predicted octanol–water partition coefficient (Wildman–Crippen LogP) is 13.7. The molecule has 0 fully saturated rings. The van der Waals surface area contributed by atoms with Gasteiger partial charge in [0, 0.05) is 55.1 Å². The third-order valence-electron chi connectivity index (χ3n) is 11.8. The molecule has 0 radical (unpaired) electrons. The van der Waals surface area contributed by atoms with Crippen LogP contribution in [0.25, 0.3) is 60.6 Å². The third kappa shape index (κ3) is 4.75. The lowest BCUT2D eigenvalue weighted by Gasteiger charge is -2.34. The molecule has 0 aliphatic heterocycles. The van der Waals surface area contributed by atoms with Gasteiger partial charge in [0.05, 0.1) is 16.7 Å². The van der Waals surface area contributed by atoms with E-state index in [-0.39, 0.29) is 11.2 Å². The van der Waals surface area contributed by atoms with E-state index in [0.29, 0.717) is 0 Å². The number of carbonyl (C=O) groups excluding carboxylic acids is 1. The van der Waals surface area contributed by atoms with Gasteiger partial charge >= 0.3 is 0 Å². The van der Waals surface area contributed by atoms with Gasteiger partial charge in [-0.2, -0.15) is 0 Å². The highest BCUT2D eigenvalue weighted by Gasteiger charge is 2.36. The molecule has 0 bridgehead atoms. The number of hydrogen-bond donors (Lipinski definition) is 0. The normalized spacial score (nSPS) is 13.4. The molecule has 1 aliphatic rings. The minimum Gasteiger partial charge on any atom is -0.454 e. The Bertz CT molecular complexity index is 3190. The quantitative estimate of drug-likeness (QED) is 0.178. The summed E-state index contributed by atoms with van der Waals surface area (Å²) in [4.78, 5) is 16.0. The minimum atomic E-state index is -0.309. The maximum atomic E-state index is 13.7. The Morgan fingerprint density at radius 3 is 2.05 bits per heavy atom. The molecule has 2 aromatic heterocycles. The van der Waals surface area contributed by atoms with Crippen LogP contribution in [0.1, 0.15) is 40.9 Å². The van der Waals surface area contributed by atoms with E-state index in [1.54, 1.807) is 0 Å². The molecule has 8 aromatic carbocycles. The van der Waals surface area contributed by atoms with Gasteiger partial charge in [0.2, 0.25) is 0 Å². The Hall–Kier alpha value is -7.17. The SMILES string of the molecule is CC1(C)c2ccccc2C(=O)c2ccc(-c3ccc4c(c3)c3ccc(N(c5ccccc5)c5cccc6c5oc5ccccc56)cc3n4-c3ccccc3)cc21. The second kappa shape index (κ2) is 12.2. The molecular weight excluding hydrogens is 685 g/mol. The minimum absolute atomic E-state index is 0.0970. The second-order valence-electron chi connectivity index (χ2n) is 15.3. The van der Waals surface area contributed by atoms with Crippen molar-refractivity contribution in [3.05, 3.63) is 204 Å². The number of rotatable bonds is 5. The number of para-hydroxylation sites is 4. The van der Waals surface area contributed by atoms with Crippen molar-refractivity contribution in [2.45, 2.75) is 19.3 Å². The molecule has 4 heteroatoms. The van der Waals surface area contributed by atoms with Crippen molar-refractivity contribution in [3.8, 4) is 16.8 Å². The van der Waals surface area contributed by atoms with Crippen LogP contribution in [0, 0.1) is 0 Å². The van der Waals surface area contributed by atoms with Gasteiger partial charge < -0.3 is 13.9 Å². The van der Waals surface area contributed by atoms with E-state index >= 15 is 0 Å². The summed E-state index contributed by atoms with van der Waals surface area (Å²) >= 11 is 0. The van der Waals surface area contributed by atoms with Crippen LogP contribution in [0.2, 0.25) is 0 Å². The predicted molar refractivity (Wildman–Crippen MR) is 230 cm³/mol. The first-order chi connectivity index (χ1) is 27.5. The maximum absolute atomic E-state index is 13.7. The Labute approximate surface area is 324 Å². The summed E-state index contributed by atoms with van der Waals surface area (Å²) in [5, 5.41) is 4.51. The zero-order valence-corrected chi connectivity index (χ0v) is 31.0. The molecule has 1 aliphatic carbocycles. The van der Waals surface area contributed by atoms with Gasteiger partial charge in [0.1, 0.15) is 5.58 Å². The van der Waals surface area contributed by atoms with Gasteiger partial charge in [0.25, 0.3) is 0 Å². The first-order valence-corrected chi connectivity index (χ1v) is 19.1. The number of benzene rings is 8. The molecule has 2 heterocycles. The Morgan fingerprint density at radius 2 is 1.20 bits per heavy atom. The molecule has 0 saturated carbocycles. The van der Waals surface area contributed by atoms with Crippen LogP contribution in [0.3, 0.4) is 0 Å². The van der Waals surface area contributed by atoms with Gasteiger partial charge in [-0.3, -0.25) is 4.79 Å². The topological polar surface area (TPSA) is 38.4 Å². The Morgan fingerprint density at radius 1 is 0.500 bits per heavy atom. The Balaban J connectivity index is 1.11. The monoisotopic (exact) mass is 720 g/mol. The molecule has 0 spiro atoms. The molecule has 10 aromatic rings. The molecule has 0 saturated heterocycles. The van der Waals surface area contributed by atoms with E-state index in [2.05, 4.69) is 169 Å². The van der Waals surface area contributed by atoms with Crippen LogP contribution in [0.15, 0.2) is 186 Å². The number of nitrogens with zero attached hydrogens (tertiary/aromatic N) is 2. The van der Waals surface area contributed by atoms with E-state index in [9.17, 15) is 4.79 Å². The highest BCUT2D eigenvalue weighted by Crippen LogP contribution is 2.46. The summed E-state index contributed by atoms with van der Waals surface area (Å²) in [5.74, 6) is 0.0970. The van der Waals surface area contributed by atoms with Crippen molar-refractivity contribution in [2.75, 3.05) is 4.90 Å². The average Bonchev–Trinajstić information content (AvgIpc) is 3.79. The van der Waals surface area contributed by atoms with Crippen LogP contribution in [-0.4, -0.2) is 10.4 Å². The first kappa shape index (κ1) is 32.3. The summed E-state index contributed by atoms with van der Waals surface area (Å²) in [5.41, 5.74) is 13.7. The van der Waals surface area contributed by atoms with E-state index < -0.39 is 0 Å². The fourth-order valence-corrected chi connectivity index (χ4v) is 9.05. The molecule has 0 N–H and O–H groups in total. The molecule has 56 heavy (non-hydrogen) atoms. The van der Waals surface area contributed by atoms with Gasteiger partial charge in [-0.1, -0.05) is 129 Å². The number of carbonyl (C=O) groups is 1. The molecule has 0 atom stereocenters. The standard InChI is InChI=1S/C52H36N2O2/c1-52(2)44-21-11-9-19-41(44)50(55)42-27-24-34(31-45(42)52)33-25-29-46-43(30-33)38-28-26-37(32-48(38)54(46)36-16-7-4-8-17-36)53(35-14-5-3-6-15-35)47-22-13-20-40-39-18-10-12-23-49(39)56-51(40)47/h3-32H,1-2H3. The van der Waals surface area contributed by atoms with Crippen LogP contribution in [-0.2, 0) is 5.41 Å². The van der Waals surface area contributed by atoms with Crippen LogP contribution in [0.4, 0.5) is 17.1 Å². The van der Waals surface area contributed by atoms with E-state index in [1.165, 1.54) is 0 Å². The summed E-state index contributed by atoms with van der Waals surface area (Å²) in [6, 6.07) is 63.7. The zero-order valence-electron chi connectivity index (χ0n) is 31.0. The van der Waals surface area contributed by atoms with Crippen molar-refractivity contribution in [1.82, 2.24) is 4.57 Å². The number of hydrogen-bond acceptors (Lipinski definition) is 3. The van der Waals surface area contributed by atoms with Gasteiger partial charge in [-0.05, 0) is 89.0 Å². The number of aromatic nitrogens is 1. The molecular formula is C52H36N2O2. The van der Waals surface area contributed by atoms with Gasteiger partial charge in [-0.15, -0.1) is 0 Å². The highest BCUT2D eigenvalue weighted by atomic mass is 16.3. The fraction of sp³-hybridized carbons (Fsp3) is 0.0577. The van der Waals surface area contributed by atoms with Crippen LogP contribution >= 0.6 is 0 Å². The first-order valence-electron chi connectivity index (χ1n) is 19.1. The smallest absolute Gasteiger partial charge is 0.193 e. The molecule has 4 nitrogen and oxygen atoms in total. The lowest BCUT2D eigenvalue weighted by Crippen LogP contribution is -2.30. The van der Waals surface area contributed by atoms with Crippen molar-refractivity contribution in [1.29, 1.82) is 0 Å². The van der Waals surface area contributed by atoms with Crippen molar-refractivity contribution < 1.29 is 9.21 Å². The lowest BCUT2D eigenvalue weighted by molar-refractivity contribution is 0.103. The van der Waals surface area contributed by atoms with Crippen molar-refractivity contribution in [2.24, 2.45) is 0 Å². The average molecular weight is 721 g/mol.